The molecule has 2 fully saturated rings. The lowest BCUT2D eigenvalue weighted by molar-refractivity contribution is -0.122. The number of nitrogens with one attached hydrogen (secondary N) is 1. The van der Waals surface area contributed by atoms with Gasteiger partial charge in [0.15, 0.2) is 0 Å². The zero-order valence-corrected chi connectivity index (χ0v) is 14.1. The Morgan fingerprint density at radius 2 is 1.83 bits per heavy atom. The lowest BCUT2D eigenvalue weighted by atomic mass is 10.0. The van der Waals surface area contributed by atoms with E-state index in [1.165, 1.54) is 38.5 Å². The Hall–Kier alpha value is -1.64. The molecule has 1 N–H and O–H groups in total. The average Bonchev–Trinajstić information content (AvgIpc) is 3.33. The van der Waals surface area contributed by atoms with Crippen molar-refractivity contribution in [2.24, 2.45) is 22.9 Å². The molecule has 1 aromatic carbocycles. The molecule has 23 heavy (non-hydrogen) atoms. The van der Waals surface area contributed by atoms with E-state index in [4.69, 9.17) is 0 Å². The fourth-order valence-electron chi connectivity index (χ4n) is 4.02. The summed E-state index contributed by atoms with van der Waals surface area (Å²) in [6.07, 6.45) is 9.49. The van der Waals surface area contributed by atoms with Crippen LogP contribution in [0.3, 0.4) is 0 Å². The summed E-state index contributed by atoms with van der Waals surface area (Å²) in [4.78, 5) is 12.4. The minimum atomic E-state index is 0.144. The van der Waals surface area contributed by atoms with Crippen molar-refractivity contribution >= 4 is 11.6 Å². The largest absolute Gasteiger partial charge is 0.273 e. The summed E-state index contributed by atoms with van der Waals surface area (Å²) in [7, 11) is 0. The molecule has 0 heterocycles. The van der Waals surface area contributed by atoms with Crippen LogP contribution >= 0.6 is 0 Å². The van der Waals surface area contributed by atoms with Crippen molar-refractivity contribution in [1.82, 2.24) is 5.43 Å². The van der Waals surface area contributed by atoms with Gasteiger partial charge in [0.1, 0.15) is 0 Å². The number of nitrogens with zero attached hydrogens (tertiary/aromatic N) is 1. The first-order valence-corrected chi connectivity index (χ1v) is 9.23. The molecule has 3 rings (SSSR count). The molecule has 1 amide bonds. The Balaban J connectivity index is 1.62. The number of rotatable bonds is 7. The van der Waals surface area contributed by atoms with Crippen LogP contribution in [0.15, 0.2) is 35.4 Å². The number of unbranched alkanes of at least 4 members (excludes halogenated alkanes) is 2. The van der Waals surface area contributed by atoms with Crippen LogP contribution in [0.4, 0.5) is 0 Å². The molecular weight excluding hydrogens is 284 g/mol. The first-order chi connectivity index (χ1) is 11.3. The molecule has 0 aliphatic heterocycles. The van der Waals surface area contributed by atoms with Crippen LogP contribution < -0.4 is 5.43 Å². The normalized spacial score (nSPS) is 26.5. The zero-order valence-electron chi connectivity index (χ0n) is 14.1. The maximum atomic E-state index is 12.4. The van der Waals surface area contributed by atoms with Gasteiger partial charge in [-0.15, -0.1) is 0 Å². The average molecular weight is 312 g/mol. The predicted octanol–water partition coefficient (Wildman–Crippen LogP) is 4.52. The second-order valence-corrected chi connectivity index (χ2v) is 7.00. The van der Waals surface area contributed by atoms with Crippen molar-refractivity contribution in [3.05, 3.63) is 35.9 Å². The van der Waals surface area contributed by atoms with Crippen LogP contribution in [-0.2, 0) is 4.79 Å². The standard InChI is InChI=1S/C20H28N2O/c1-2-3-5-14-18(15-10-6-4-7-11-15)21-22-20(23)19-16-12-8-9-13-17(16)19/h4,6-7,10-11,16-17,19H,2-3,5,8-9,12-14H2,1H3,(H,22,23)/b21-18-. The number of carbonyl (C=O) groups excluding carboxylic acids is 1. The molecule has 1 aromatic rings. The monoisotopic (exact) mass is 312 g/mol. The Labute approximate surface area is 139 Å². The minimum Gasteiger partial charge on any atom is -0.273 e. The molecule has 0 saturated heterocycles. The number of benzene rings is 1. The van der Waals surface area contributed by atoms with Gasteiger partial charge in [-0.25, -0.2) is 5.43 Å². The fraction of sp³-hybridized carbons (Fsp3) is 0.600. The van der Waals surface area contributed by atoms with Gasteiger partial charge < -0.3 is 0 Å². The third kappa shape index (κ3) is 4.01. The van der Waals surface area contributed by atoms with E-state index in [1.54, 1.807) is 0 Å². The van der Waals surface area contributed by atoms with E-state index in [9.17, 15) is 4.79 Å². The second-order valence-electron chi connectivity index (χ2n) is 7.00. The number of hydrogen-bond acceptors (Lipinski definition) is 2. The van der Waals surface area contributed by atoms with Gasteiger partial charge >= 0.3 is 0 Å². The van der Waals surface area contributed by atoms with E-state index in [0.717, 1.165) is 24.1 Å². The Morgan fingerprint density at radius 3 is 2.48 bits per heavy atom. The summed E-state index contributed by atoms with van der Waals surface area (Å²) in [6, 6.07) is 10.2. The zero-order chi connectivity index (χ0) is 16.1. The van der Waals surface area contributed by atoms with Gasteiger partial charge in [0, 0.05) is 5.92 Å². The van der Waals surface area contributed by atoms with E-state index < -0.39 is 0 Å². The maximum Gasteiger partial charge on any atom is 0.243 e. The van der Waals surface area contributed by atoms with E-state index in [2.05, 4.69) is 29.6 Å². The van der Waals surface area contributed by atoms with Crippen molar-refractivity contribution in [2.75, 3.05) is 0 Å². The lowest BCUT2D eigenvalue weighted by Crippen LogP contribution is -2.23. The number of amides is 1. The SMILES string of the molecule is CCCCC/C(=N/NC(=O)C1C2CCCCC21)c1ccccc1. The Bertz CT molecular complexity index is 540. The van der Waals surface area contributed by atoms with E-state index in [-0.39, 0.29) is 11.8 Å². The summed E-state index contributed by atoms with van der Waals surface area (Å²) in [5, 5.41) is 4.50. The third-order valence-electron chi connectivity index (χ3n) is 5.38. The van der Waals surface area contributed by atoms with Crippen molar-refractivity contribution < 1.29 is 4.79 Å². The second kappa shape index (κ2) is 7.76. The fourth-order valence-corrected chi connectivity index (χ4v) is 4.02. The van der Waals surface area contributed by atoms with Crippen LogP contribution in [0.1, 0.15) is 63.9 Å². The quantitative estimate of drug-likeness (QED) is 0.449. The topological polar surface area (TPSA) is 41.5 Å². The lowest BCUT2D eigenvalue weighted by Gasteiger charge is -2.07. The number of hydrazone groups is 1. The Morgan fingerprint density at radius 1 is 1.13 bits per heavy atom. The van der Waals surface area contributed by atoms with Gasteiger partial charge in [0.2, 0.25) is 5.91 Å². The smallest absolute Gasteiger partial charge is 0.243 e. The molecule has 2 atom stereocenters. The highest BCUT2D eigenvalue weighted by molar-refractivity contribution is 6.01. The molecule has 2 aliphatic rings. The highest BCUT2D eigenvalue weighted by atomic mass is 16.2. The van der Waals surface area contributed by atoms with Crippen LogP contribution in [0, 0.1) is 17.8 Å². The molecule has 124 valence electrons. The van der Waals surface area contributed by atoms with E-state index in [1.807, 2.05) is 18.2 Å². The van der Waals surface area contributed by atoms with Gasteiger partial charge in [-0.2, -0.15) is 5.10 Å². The molecule has 0 spiro atoms. The van der Waals surface area contributed by atoms with Crippen molar-refractivity contribution in [3.8, 4) is 0 Å². The summed E-state index contributed by atoms with van der Waals surface area (Å²) in [5.74, 6) is 1.65. The van der Waals surface area contributed by atoms with Crippen LogP contribution in [0.25, 0.3) is 0 Å². The van der Waals surface area contributed by atoms with Gasteiger partial charge in [0.25, 0.3) is 0 Å². The molecule has 2 aliphatic carbocycles. The molecule has 0 bridgehead atoms. The van der Waals surface area contributed by atoms with Crippen LogP contribution in [0.5, 0.6) is 0 Å². The van der Waals surface area contributed by atoms with Gasteiger partial charge in [-0.3, -0.25) is 4.79 Å². The van der Waals surface area contributed by atoms with Crippen molar-refractivity contribution in [2.45, 2.75) is 58.3 Å². The molecule has 3 heteroatoms. The maximum absolute atomic E-state index is 12.4. The Kier molecular flexibility index (Phi) is 5.47. The predicted molar refractivity (Wildman–Crippen MR) is 94.2 cm³/mol. The molecule has 2 unspecified atom stereocenters. The van der Waals surface area contributed by atoms with Gasteiger partial charge in [-0.1, -0.05) is 62.9 Å². The van der Waals surface area contributed by atoms with Crippen molar-refractivity contribution in [3.63, 3.8) is 0 Å². The minimum absolute atomic E-state index is 0.144. The number of hydrogen-bond donors (Lipinski definition) is 1. The third-order valence-corrected chi connectivity index (χ3v) is 5.38. The van der Waals surface area contributed by atoms with Gasteiger partial charge in [-0.05, 0) is 43.1 Å². The van der Waals surface area contributed by atoms with Gasteiger partial charge in [0.05, 0.1) is 5.71 Å². The summed E-state index contributed by atoms with van der Waals surface area (Å²) in [5.41, 5.74) is 5.01. The van der Waals surface area contributed by atoms with Crippen molar-refractivity contribution in [1.29, 1.82) is 0 Å². The van der Waals surface area contributed by atoms with Crippen LogP contribution in [0.2, 0.25) is 0 Å². The molecule has 3 nitrogen and oxygen atoms in total. The summed E-state index contributed by atoms with van der Waals surface area (Å²) in [6.45, 7) is 2.20. The first-order valence-electron chi connectivity index (χ1n) is 9.23. The molecule has 0 aromatic heterocycles. The number of carbonyl (C=O) groups is 1. The van der Waals surface area contributed by atoms with E-state index in [0.29, 0.717) is 11.8 Å². The highest BCUT2D eigenvalue weighted by Gasteiger charge is 2.54. The number of fused-ring (bicyclic) bond motifs is 1. The van der Waals surface area contributed by atoms with E-state index >= 15 is 0 Å². The highest BCUT2D eigenvalue weighted by Crippen LogP contribution is 2.55. The molecule has 0 radical (unpaired) electrons. The summed E-state index contributed by atoms with van der Waals surface area (Å²) >= 11 is 0. The van der Waals surface area contributed by atoms with Crippen LogP contribution in [-0.4, -0.2) is 11.6 Å². The summed E-state index contributed by atoms with van der Waals surface area (Å²) < 4.78 is 0. The first kappa shape index (κ1) is 16.2. The molecular formula is C20H28N2O. The molecule has 2 saturated carbocycles.